The Hall–Kier alpha value is -2.71. The average molecular weight is 485 g/mol. The number of hydrogen-bond donors (Lipinski definition) is 3. The monoisotopic (exact) mass is 484 g/mol. The molecule has 1 amide bonds. The number of hydrogen-bond acceptors (Lipinski definition) is 7. The number of nitrogens with zero attached hydrogens (tertiary/aromatic N) is 3. The molecule has 1 fully saturated rings. The standard InChI is InChI=1S/C27H40N4O4/c1-18(2)22-14-29-27(30-15-22)31-9-7-21(8-10-31)6-5-11-35-24-12-19(3)25(20(4)13-24)26(34)28-16-23(33)17-32/h12-15,18,21,23,32-33H,5-11,16-17H2,1-4H3,(H,28,34). The predicted octanol–water partition coefficient (Wildman–Crippen LogP) is 3.38. The maximum absolute atomic E-state index is 12.5. The lowest BCUT2D eigenvalue weighted by Crippen LogP contribution is -2.35. The van der Waals surface area contributed by atoms with Crippen LogP contribution in [-0.2, 0) is 0 Å². The smallest absolute Gasteiger partial charge is 0.251 e. The van der Waals surface area contributed by atoms with Crippen molar-refractivity contribution in [1.82, 2.24) is 15.3 Å². The van der Waals surface area contributed by atoms with Gasteiger partial charge in [0, 0.05) is 37.6 Å². The second kappa shape index (κ2) is 12.8. The van der Waals surface area contributed by atoms with Crippen LogP contribution in [0, 0.1) is 19.8 Å². The van der Waals surface area contributed by atoms with Crippen LogP contribution in [0.2, 0.25) is 0 Å². The van der Waals surface area contributed by atoms with Crippen molar-refractivity contribution in [1.29, 1.82) is 0 Å². The lowest BCUT2D eigenvalue weighted by molar-refractivity contribution is 0.0801. The third-order valence-corrected chi connectivity index (χ3v) is 6.69. The number of amides is 1. The molecule has 0 saturated carbocycles. The number of benzene rings is 1. The third-order valence-electron chi connectivity index (χ3n) is 6.69. The van der Waals surface area contributed by atoms with Crippen molar-refractivity contribution in [3.05, 3.63) is 46.8 Å². The molecule has 1 unspecified atom stereocenters. The van der Waals surface area contributed by atoms with Gasteiger partial charge < -0.3 is 25.2 Å². The van der Waals surface area contributed by atoms with Gasteiger partial charge >= 0.3 is 0 Å². The molecule has 1 aromatic heterocycles. The van der Waals surface area contributed by atoms with Crippen LogP contribution in [0.5, 0.6) is 5.75 Å². The minimum Gasteiger partial charge on any atom is -0.494 e. The van der Waals surface area contributed by atoms with Gasteiger partial charge in [0.25, 0.3) is 5.91 Å². The number of aliphatic hydroxyl groups excluding tert-OH is 2. The number of ether oxygens (including phenoxy) is 1. The first kappa shape index (κ1) is 26.9. The van der Waals surface area contributed by atoms with E-state index in [1.54, 1.807) is 0 Å². The summed E-state index contributed by atoms with van der Waals surface area (Å²) < 4.78 is 5.99. The fourth-order valence-electron chi connectivity index (χ4n) is 4.51. The maximum Gasteiger partial charge on any atom is 0.251 e. The first-order valence-electron chi connectivity index (χ1n) is 12.7. The van der Waals surface area contributed by atoms with Crippen molar-refractivity contribution in [2.75, 3.05) is 37.7 Å². The summed E-state index contributed by atoms with van der Waals surface area (Å²) in [6.07, 6.45) is 7.33. The molecule has 3 rings (SSSR count). The molecule has 3 N–H and O–H groups in total. The van der Waals surface area contributed by atoms with Crippen LogP contribution in [0.15, 0.2) is 24.5 Å². The summed E-state index contributed by atoms with van der Waals surface area (Å²) in [7, 11) is 0. The van der Waals surface area contributed by atoms with E-state index in [1.807, 2.05) is 38.4 Å². The SMILES string of the molecule is Cc1cc(OCCCC2CCN(c3ncc(C(C)C)cn3)CC2)cc(C)c1C(=O)NCC(O)CO. The number of rotatable bonds is 11. The molecule has 35 heavy (non-hydrogen) atoms. The molecule has 8 heteroatoms. The van der Waals surface area contributed by atoms with Crippen LogP contribution in [0.4, 0.5) is 5.95 Å². The molecule has 1 aliphatic heterocycles. The van der Waals surface area contributed by atoms with E-state index in [9.17, 15) is 9.90 Å². The van der Waals surface area contributed by atoms with Gasteiger partial charge in [0.05, 0.1) is 19.3 Å². The molecule has 1 aliphatic rings. The van der Waals surface area contributed by atoms with E-state index in [-0.39, 0.29) is 19.1 Å². The van der Waals surface area contributed by atoms with Gasteiger partial charge in [-0.15, -0.1) is 0 Å². The van der Waals surface area contributed by atoms with Gasteiger partial charge in [-0.25, -0.2) is 9.97 Å². The highest BCUT2D eigenvalue weighted by atomic mass is 16.5. The lowest BCUT2D eigenvalue weighted by Gasteiger charge is -2.32. The maximum atomic E-state index is 12.5. The average Bonchev–Trinajstić information content (AvgIpc) is 2.85. The number of aromatic nitrogens is 2. The number of aryl methyl sites for hydroxylation is 2. The first-order valence-corrected chi connectivity index (χ1v) is 12.7. The molecule has 1 atom stereocenters. The quantitative estimate of drug-likeness (QED) is 0.420. The first-order chi connectivity index (χ1) is 16.8. The number of nitrogens with one attached hydrogen (secondary N) is 1. The molecule has 8 nitrogen and oxygen atoms in total. The molecular weight excluding hydrogens is 444 g/mol. The second-order valence-electron chi connectivity index (χ2n) is 9.87. The van der Waals surface area contributed by atoms with E-state index >= 15 is 0 Å². The minimum absolute atomic E-state index is 0.0167. The summed E-state index contributed by atoms with van der Waals surface area (Å²) in [6.45, 7) is 10.3. The summed E-state index contributed by atoms with van der Waals surface area (Å²) >= 11 is 0. The van der Waals surface area contributed by atoms with E-state index < -0.39 is 6.10 Å². The van der Waals surface area contributed by atoms with Crippen LogP contribution in [0.1, 0.15) is 72.5 Å². The molecule has 1 aromatic carbocycles. The Morgan fingerprint density at radius 2 is 1.80 bits per heavy atom. The van der Waals surface area contributed by atoms with Crippen LogP contribution >= 0.6 is 0 Å². The van der Waals surface area contributed by atoms with Crippen molar-refractivity contribution < 1.29 is 19.7 Å². The Kier molecular flexibility index (Phi) is 9.86. The van der Waals surface area contributed by atoms with Gasteiger partial charge in [0.1, 0.15) is 5.75 Å². The summed E-state index contributed by atoms with van der Waals surface area (Å²) in [5.74, 6) is 2.48. The summed E-state index contributed by atoms with van der Waals surface area (Å²) in [5, 5.41) is 21.0. The highest BCUT2D eigenvalue weighted by molar-refractivity contribution is 5.97. The Morgan fingerprint density at radius 1 is 1.17 bits per heavy atom. The molecule has 2 heterocycles. The number of carbonyl (C=O) groups excluding carboxylic acids is 1. The molecule has 192 valence electrons. The van der Waals surface area contributed by atoms with Crippen molar-refractivity contribution in [3.63, 3.8) is 0 Å². The summed E-state index contributed by atoms with van der Waals surface area (Å²) in [4.78, 5) is 23.9. The Bertz CT molecular complexity index is 933. The van der Waals surface area contributed by atoms with Crippen molar-refractivity contribution in [2.45, 2.75) is 65.4 Å². The van der Waals surface area contributed by atoms with Gasteiger partial charge in [-0.05, 0) is 80.2 Å². The Labute approximate surface area is 208 Å². The second-order valence-corrected chi connectivity index (χ2v) is 9.87. The molecule has 0 bridgehead atoms. The minimum atomic E-state index is -0.959. The van der Waals surface area contributed by atoms with Crippen molar-refractivity contribution >= 4 is 11.9 Å². The van der Waals surface area contributed by atoms with Crippen LogP contribution in [-0.4, -0.2) is 65.0 Å². The molecular formula is C27H40N4O4. The largest absolute Gasteiger partial charge is 0.494 e. The van der Waals surface area contributed by atoms with E-state index in [2.05, 4.69) is 34.0 Å². The van der Waals surface area contributed by atoms with E-state index in [4.69, 9.17) is 9.84 Å². The third kappa shape index (κ3) is 7.64. The number of anilines is 1. The van der Waals surface area contributed by atoms with Gasteiger partial charge in [-0.2, -0.15) is 0 Å². The zero-order chi connectivity index (χ0) is 25.4. The Morgan fingerprint density at radius 3 is 2.37 bits per heavy atom. The summed E-state index contributed by atoms with van der Waals surface area (Å²) in [5.41, 5.74) is 3.40. The predicted molar refractivity (Wildman–Crippen MR) is 137 cm³/mol. The number of piperidine rings is 1. The highest BCUT2D eigenvalue weighted by Crippen LogP contribution is 2.26. The fraction of sp³-hybridized carbons (Fsp3) is 0.593. The zero-order valence-electron chi connectivity index (χ0n) is 21.5. The van der Waals surface area contributed by atoms with Crippen molar-refractivity contribution in [2.24, 2.45) is 5.92 Å². The topological polar surface area (TPSA) is 108 Å². The van der Waals surface area contributed by atoms with E-state index in [1.165, 1.54) is 5.56 Å². The molecule has 2 aromatic rings. The lowest BCUT2D eigenvalue weighted by atomic mass is 9.92. The normalized spacial score (nSPS) is 15.3. The number of aliphatic hydroxyl groups is 2. The van der Waals surface area contributed by atoms with Crippen LogP contribution in [0.3, 0.4) is 0 Å². The van der Waals surface area contributed by atoms with Crippen LogP contribution < -0.4 is 15.0 Å². The van der Waals surface area contributed by atoms with Crippen molar-refractivity contribution in [3.8, 4) is 5.75 Å². The van der Waals surface area contributed by atoms with Gasteiger partial charge in [0.2, 0.25) is 5.95 Å². The van der Waals surface area contributed by atoms with E-state index in [0.29, 0.717) is 24.0 Å². The van der Waals surface area contributed by atoms with Gasteiger partial charge in [-0.1, -0.05) is 13.8 Å². The van der Waals surface area contributed by atoms with Crippen LogP contribution in [0.25, 0.3) is 0 Å². The fourth-order valence-corrected chi connectivity index (χ4v) is 4.51. The van der Waals surface area contributed by atoms with Gasteiger partial charge in [-0.3, -0.25) is 4.79 Å². The molecule has 0 aliphatic carbocycles. The Balaban J connectivity index is 1.40. The number of carbonyl (C=O) groups is 1. The molecule has 1 saturated heterocycles. The summed E-state index contributed by atoms with van der Waals surface area (Å²) in [6, 6.07) is 3.76. The zero-order valence-corrected chi connectivity index (χ0v) is 21.5. The molecule has 0 radical (unpaired) electrons. The molecule has 0 spiro atoms. The highest BCUT2D eigenvalue weighted by Gasteiger charge is 2.21. The van der Waals surface area contributed by atoms with E-state index in [0.717, 1.165) is 61.6 Å². The van der Waals surface area contributed by atoms with Gasteiger partial charge in [0.15, 0.2) is 0 Å².